The Bertz CT molecular complexity index is 498. The molecule has 0 unspecified atom stereocenters. The molecule has 0 amide bonds. The van der Waals surface area contributed by atoms with E-state index in [0.717, 1.165) is 5.56 Å². The fraction of sp³-hybridized carbons (Fsp3) is 0.250. The summed E-state index contributed by atoms with van der Waals surface area (Å²) in [5, 5.41) is 4.15. The third kappa shape index (κ3) is 1.61. The van der Waals surface area contributed by atoms with Crippen LogP contribution in [0.15, 0.2) is 24.4 Å². The summed E-state index contributed by atoms with van der Waals surface area (Å²) in [5.41, 5.74) is 10.6. The number of aryl methyl sites for hydroxylation is 2. The molecule has 2 rings (SSSR count). The van der Waals surface area contributed by atoms with Crippen LogP contribution in [0.25, 0.3) is 11.1 Å². The van der Waals surface area contributed by atoms with Gasteiger partial charge in [0.25, 0.3) is 0 Å². The summed E-state index contributed by atoms with van der Waals surface area (Å²) in [6.07, 6.45) is 1.96. The number of nitrogens with two attached hydrogens (primary N) is 1. The smallest absolute Gasteiger partial charge is 0.153 e. The van der Waals surface area contributed by atoms with Crippen LogP contribution in [0.1, 0.15) is 11.1 Å². The highest BCUT2D eigenvalue weighted by Crippen LogP contribution is 2.28. The van der Waals surface area contributed by atoms with Crippen LogP contribution >= 0.6 is 0 Å². The van der Waals surface area contributed by atoms with Crippen LogP contribution < -0.4 is 5.73 Å². The predicted molar refractivity (Wildman–Crippen MR) is 62.5 cm³/mol. The number of nitrogen functional groups attached to an aromatic ring is 1. The van der Waals surface area contributed by atoms with E-state index in [9.17, 15) is 0 Å². The summed E-state index contributed by atoms with van der Waals surface area (Å²) in [4.78, 5) is 0. The third-order valence-electron chi connectivity index (χ3n) is 2.75. The van der Waals surface area contributed by atoms with Gasteiger partial charge >= 0.3 is 0 Å². The van der Waals surface area contributed by atoms with Gasteiger partial charge in [0, 0.05) is 18.8 Å². The van der Waals surface area contributed by atoms with E-state index in [1.54, 1.807) is 4.68 Å². The number of nitrogens with zero attached hydrogens (tertiary/aromatic N) is 2. The minimum atomic E-state index is 0.589. The summed E-state index contributed by atoms with van der Waals surface area (Å²) in [5.74, 6) is 0.589. The molecule has 0 saturated heterocycles. The molecule has 0 aliphatic heterocycles. The van der Waals surface area contributed by atoms with Crippen LogP contribution in [0.3, 0.4) is 0 Å². The second kappa shape index (κ2) is 3.42. The molecule has 15 heavy (non-hydrogen) atoms. The molecule has 0 aliphatic rings. The zero-order valence-electron chi connectivity index (χ0n) is 9.28. The van der Waals surface area contributed by atoms with Crippen molar-refractivity contribution in [1.82, 2.24) is 9.78 Å². The molecule has 3 heteroatoms. The summed E-state index contributed by atoms with van der Waals surface area (Å²) in [6, 6.07) is 6.23. The second-order valence-corrected chi connectivity index (χ2v) is 3.85. The van der Waals surface area contributed by atoms with Crippen molar-refractivity contribution in [3.63, 3.8) is 0 Å². The minimum Gasteiger partial charge on any atom is -0.382 e. The van der Waals surface area contributed by atoms with Gasteiger partial charge in [0.15, 0.2) is 5.82 Å². The van der Waals surface area contributed by atoms with E-state index < -0.39 is 0 Å². The number of aromatic nitrogens is 2. The Balaban J connectivity index is 2.64. The SMILES string of the molecule is Cc1cccc(-c2cn(C)nc2N)c1C. The number of anilines is 1. The quantitative estimate of drug-likeness (QED) is 0.769. The summed E-state index contributed by atoms with van der Waals surface area (Å²) in [6.45, 7) is 4.21. The second-order valence-electron chi connectivity index (χ2n) is 3.85. The van der Waals surface area contributed by atoms with E-state index >= 15 is 0 Å². The molecule has 0 bridgehead atoms. The molecule has 0 radical (unpaired) electrons. The molecular weight excluding hydrogens is 186 g/mol. The van der Waals surface area contributed by atoms with E-state index in [4.69, 9.17) is 5.73 Å². The number of rotatable bonds is 1. The van der Waals surface area contributed by atoms with Gasteiger partial charge in [0.1, 0.15) is 0 Å². The van der Waals surface area contributed by atoms with Gasteiger partial charge in [0.05, 0.1) is 0 Å². The Morgan fingerprint density at radius 2 is 1.93 bits per heavy atom. The Morgan fingerprint density at radius 3 is 2.53 bits per heavy atom. The number of hydrogen-bond acceptors (Lipinski definition) is 2. The highest BCUT2D eigenvalue weighted by molar-refractivity contribution is 5.76. The lowest BCUT2D eigenvalue weighted by atomic mass is 9.99. The maximum atomic E-state index is 5.86. The van der Waals surface area contributed by atoms with Gasteiger partial charge in [0.2, 0.25) is 0 Å². The first-order chi connectivity index (χ1) is 7.09. The summed E-state index contributed by atoms with van der Waals surface area (Å²) >= 11 is 0. The van der Waals surface area contributed by atoms with Crippen molar-refractivity contribution in [3.8, 4) is 11.1 Å². The van der Waals surface area contributed by atoms with Gasteiger partial charge in [-0.15, -0.1) is 0 Å². The molecule has 0 spiro atoms. The van der Waals surface area contributed by atoms with Crippen molar-refractivity contribution >= 4 is 5.82 Å². The Hall–Kier alpha value is -1.77. The van der Waals surface area contributed by atoms with E-state index in [1.807, 2.05) is 19.3 Å². The molecule has 0 atom stereocenters. The molecule has 0 saturated carbocycles. The van der Waals surface area contributed by atoms with Crippen LogP contribution in [0.5, 0.6) is 0 Å². The van der Waals surface area contributed by atoms with Gasteiger partial charge in [-0.2, -0.15) is 5.10 Å². The average molecular weight is 201 g/mol. The fourth-order valence-electron chi connectivity index (χ4n) is 1.76. The molecule has 3 nitrogen and oxygen atoms in total. The molecule has 2 N–H and O–H groups in total. The molecule has 2 aromatic rings. The van der Waals surface area contributed by atoms with E-state index in [1.165, 1.54) is 16.7 Å². The first kappa shape index (κ1) is 9.77. The Labute approximate surface area is 89.5 Å². The molecule has 1 aromatic carbocycles. The van der Waals surface area contributed by atoms with Crippen molar-refractivity contribution in [1.29, 1.82) is 0 Å². The number of benzene rings is 1. The van der Waals surface area contributed by atoms with Gasteiger partial charge in [-0.1, -0.05) is 18.2 Å². The largest absolute Gasteiger partial charge is 0.382 e. The number of hydrogen-bond donors (Lipinski definition) is 1. The lowest BCUT2D eigenvalue weighted by Crippen LogP contribution is -1.92. The highest BCUT2D eigenvalue weighted by Gasteiger charge is 2.09. The van der Waals surface area contributed by atoms with Crippen molar-refractivity contribution in [3.05, 3.63) is 35.5 Å². The molecule has 1 aromatic heterocycles. The highest BCUT2D eigenvalue weighted by atomic mass is 15.3. The molecular formula is C12H15N3. The van der Waals surface area contributed by atoms with Gasteiger partial charge in [-0.25, -0.2) is 0 Å². The van der Waals surface area contributed by atoms with Crippen LogP contribution in [-0.4, -0.2) is 9.78 Å². The average Bonchev–Trinajstić information content (AvgIpc) is 2.50. The van der Waals surface area contributed by atoms with Crippen molar-refractivity contribution < 1.29 is 0 Å². The zero-order valence-corrected chi connectivity index (χ0v) is 9.28. The van der Waals surface area contributed by atoms with Crippen molar-refractivity contribution in [2.75, 3.05) is 5.73 Å². The molecule has 78 valence electrons. The van der Waals surface area contributed by atoms with Crippen LogP contribution in [0, 0.1) is 13.8 Å². The Morgan fingerprint density at radius 1 is 1.20 bits per heavy atom. The monoisotopic (exact) mass is 201 g/mol. The summed E-state index contributed by atoms with van der Waals surface area (Å²) < 4.78 is 1.74. The van der Waals surface area contributed by atoms with E-state index in [-0.39, 0.29) is 0 Å². The minimum absolute atomic E-state index is 0.589. The lowest BCUT2D eigenvalue weighted by Gasteiger charge is -2.06. The zero-order chi connectivity index (χ0) is 11.0. The maximum Gasteiger partial charge on any atom is 0.153 e. The third-order valence-corrected chi connectivity index (χ3v) is 2.75. The van der Waals surface area contributed by atoms with E-state index in [2.05, 4.69) is 31.1 Å². The first-order valence-electron chi connectivity index (χ1n) is 4.95. The van der Waals surface area contributed by atoms with Gasteiger partial charge < -0.3 is 5.73 Å². The summed E-state index contributed by atoms with van der Waals surface area (Å²) in [7, 11) is 1.88. The fourth-order valence-corrected chi connectivity index (χ4v) is 1.76. The van der Waals surface area contributed by atoms with Crippen molar-refractivity contribution in [2.24, 2.45) is 7.05 Å². The Kier molecular flexibility index (Phi) is 2.23. The standard InChI is InChI=1S/C12H15N3/c1-8-5-4-6-10(9(8)2)11-7-15(3)14-12(11)13/h4-7H,1-3H3,(H2,13,14). The molecule has 0 fully saturated rings. The van der Waals surface area contributed by atoms with Crippen molar-refractivity contribution in [2.45, 2.75) is 13.8 Å². The lowest BCUT2D eigenvalue weighted by molar-refractivity contribution is 0.772. The van der Waals surface area contributed by atoms with E-state index in [0.29, 0.717) is 5.82 Å². The van der Waals surface area contributed by atoms with Gasteiger partial charge in [-0.05, 0) is 30.5 Å². The van der Waals surface area contributed by atoms with Crippen LogP contribution in [0.4, 0.5) is 5.82 Å². The molecule has 0 aliphatic carbocycles. The maximum absolute atomic E-state index is 5.86. The van der Waals surface area contributed by atoms with Gasteiger partial charge in [-0.3, -0.25) is 4.68 Å². The normalized spacial score (nSPS) is 10.6. The topological polar surface area (TPSA) is 43.8 Å². The first-order valence-corrected chi connectivity index (χ1v) is 4.95. The van der Waals surface area contributed by atoms with Crippen LogP contribution in [0.2, 0.25) is 0 Å². The van der Waals surface area contributed by atoms with Crippen LogP contribution in [-0.2, 0) is 7.05 Å². The molecule has 1 heterocycles. The predicted octanol–water partition coefficient (Wildman–Crippen LogP) is 2.29.